The van der Waals surface area contributed by atoms with Gasteiger partial charge in [0.2, 0.25) is 0 Å². The van der Waals surface area contributed by atoms with E-state index >= 15 is 0 Å². The van der Waals surface area contributed by atoms with Gasteiger partial charge in [0.15, 0.2) is 6.10 Å². The van der Waals surface area contributed by atoms with Gasteiger partial charge in [0.05, 0.1) is 0 Å². The summed E-state index contributed by atoms with van der Waals surface area (Å²) in [4.78, 5) is 38.3. The van der Waals surface area contributed by atoms with Crippen molar-refractivity contribution in [3.63, 3.8) is 0 Å². The number of allylic oxidation sites excluding steroid dienone is 4. The van der Waals surface area contributed by atoms with Crippen LogP contribution in [0.5, 0.6) is 0 Å². The van der Waals surface area contributed by atoms with Gasteiger partial charge in [0.25, 0.3) is 0 Å². The van der Waals surface area contributed by atoms with Gasteiger partial charge in [-0.1, -0.05) is 308 Å². The highest BCUT2D eigenvalue weighted by molar-refractivity contribution is 5.71. The summed E-state index contributed by atoms with van der Waals surface area (Å²) in [5.41, 5.74) is 0. The number of esters is 3. The maximum Gasteiger partial charge on any atom is 0.306 e. The van der Waals surface area contributed by atoms with Crippen LogP contribution in [0.3, 0.4) is 0 Å². The number of hydrogen-bond donors (Lipinski definition) is 0. The predicted molar refractivity (Wildman–Crippen MR) is 307 cm³/mol. The number of unbranched alkanes of at least 4 members (excludes halogenated alkanes) is 44. The van der Waals surface area contributed by atoms with Gasteiger partial charge in [-0.3, -0.25) is 14.4 Å². The Labute approximate surface area is 443 Å². The molecule has 71 heavy (non-hydrogen) atoms. The lowest BCUT2D eigenvalue weighted by Crippen LogP contribution is -2.30. The molecule has 0 saturated heterocycles. The molecule has 0 fully saturated rings. The molecule has 1 atom stereocenters. The standard InChI is InChI=1S/C65H122O6/c1-4-7-10-13-16-19-22-25-28-31-32-35-37-40-43-46-49-52-55-58-64(67)70-61-62(71-65(68)59-56-53-50-47-44-41-38-34-30-27-24-21-18-15-12-9-6-3)60-69-63(66)57-54-51-48-45-42-39-36-33-29-26-23-20-17-14-11-8-5-2/h18,21,27,30,62H,4-17,19-20,22-26,28-29,31-61H2,1-3H3/b21-18-,30-27-. The molecule has 0 saturated carbocycles. The first kappa shape index (κ1) is 68.9. The zero-order valence-corrected chi connectivity index (χ0v) is 48.0. The lowest BCUT2D eigenvalue weighted by molar-refractivity contribution is -0.167. The minimum Gasteiger partial charge on any atom is -0.462 e. The van der Waals surface area contributed by atoms with E-state index in [0.717, 1.165) is 70.6 Å². The molecule has 418 valence electrons. The van der Waals surface area contributed by atoms with E-state index in [1.54, 1.807) is 0 Å². The Balaban J connectivity index is 4.32. The maximum atomic E-state index is 12.9. The van der Waals surface area contributed by atoms with Gasteiger partial charge in [-0.2, -0.15) is 0 Å². The van der Waals surface area contributed by atoms with Crippen LogP contribution in [0.25, 0.3) is 0 Å². The van der Waals surface area contributed by atoms with Gasteiger partial charge >= 0.3 is 17.9 Å². The summed E-state index contributed by atoms with van der Waals surface area (Å²) < 4.78 is 16.9. The van der Waals surface area contributed by atoms with E-state index in [2.05, 4.69) is 45.1 Å². The van der Waals surface area contributed by atoms with Crippen LogP contribution in [0.4, 0.5) is 0 Å². The Bertz CT molecular complexity index is 1150. The molecule has 0 radical (unpaired) electrons. The van der Waals surface area contributed by atoms with Crippen molar-refractivity contribution in [3.05, 3.63) is 24.3 Å². The zero-order chi connectivity index (χ0) is 51.4. The summed E-state index contributed by atoms with van der Waals surface area (Å²) in [5.74, 6) is -0.848. The second-order valence-corrected chi connectivity index (χ2v) is 21.7. The lowest BCUT2D eigenvalue weighted by atomic mass is 10.0. The van der Waals surface area contributed by atoms with E-state index in [-0.39, 0.29) is 31.1 Å². The van der Waals surface area contributed by atoms with E-state index in [1.807, 2.05) is 0 Å². The third-order valence-corrected chi connectivity index (χ3v) is 14.5. The van der Waals surface area contributed by atoms with Crippen LogP contribution in [0.1, 0.15) is 355 Å². The Morgan fingerprint density at radius 2 is 0.507 bits per heavy atom. The molecule has 0 rings (SSSR count). The van der Waals surface area contributed by atoms with Crippen LogP contribution in [0, 0.1) is 0 Å². The first-order chi connectivity index (χ1) is 35.0. The van der Waals surface area contributed by atoms with Crippen LogP contribution < -0.4 is 0 Å². The average Bonchev–Trinajstić information content (AvgIpc) is 3.37. The first-order valence-electron chi connectivity index (χ1n) is 31.8. The first-order valence-corrected chi connectivity index (χ1v) is 31.8. The largest absolute Gasteiger partial charge is 0.462 e. The number of rotatable bonds is 59. The van der Waals surface area contributed by atoms with E-state index in [1.165, 1.54) is 244 Å². The van der Waals surface area contributed by atoms with Gasteiger partial charge in [0, 0.05) is 19.3 Å². The zero-order valence-electron chi connectivity index (χ0n) is 48.0. The van der Waals surface area contributed by atoms with E-state index in [0.29, 0.717) is 19.3 Å². The molecular formula is C65H122O6. The molecular weight excluding hydrogens is 877 g/mol. The van der Waals surface area contributed by atoms with E-state index in [9.17, 15) is 14.4 Å². The van der Waals surface area contributed by atoms with E-state index in [4.69, 9.17) is 14.2 Å². The van der Waals surface area contributed by atoms with Crippen molar-refractivity contribution >= 4 is 17.9 Å². The molecule has 0 N–H and O–H groups in total. The number of carbonyl (C=O) groups excluding carboxylic acids is 3. The molecule has 6 nitrogen and oxygen atoms in total. The van der Waals surface area contributed by atoms with Gasteiger partial charge in [-0.05, 0) is 51.4 Å². The molecule has 0 aliphatic heterocycles. The summed E-state index contributed by atoms with van der Waals surface area (Å²) in [6.07, 6.45) is 71.7. The lowest BCUT2D eigenvalue weighted by Gasteiger charge is -2.18. The van der Waals surface area contributed by atoms with Crippen molar-refractivity contribution in [2.24, 2.45) is 0 Å². The smallest absolute Gasteiger partial charge is 0.306 e. The van der Waals surface area contributed by atoms with Crippen molar-refractivity contribution in [3.8, 4) is 0 Å². The Morgan fingerprint density at radius 3 is 0.803 bits per heavy atom. The van der Waals surface area contributed by atoms with Crippen LogP contribution in [0.15, 0.2) is 24.3 Å². The fourth-order valence-corrected chi connectivity index (χ4v) is 9.65. The van der Waals surface area contributed by atoms with Crippen molar-refractivity contribution in [1.29, 1.82) is 0 Å². The normalized spacial score (nSPS) is 12.1. The van der Waals surface area contributed by atoms with Crippen LogP contribution in [-0.2, 0) is 28.6 Å². The van der Waals surface area contributed by atoms with Crippen molar-refractivity contribution < 1.29 is 28.6 Å². The van der Waals surface area contributed by atoms with Gasteiger partial charge in [-0.15, -0.1) is 0 Å². The summed E-state index contributed by atoms with van der Waals surface area (Å²) in [7, 11) is 0. The minimum atomic E-state index is -0.771. The number of carbonyl (C=O) groups is 3. The quantitative estimate of drug-likeness (QED) is 0.0261. The number of hydrogen-bond acceptors (Lipinski definition) is 6. The second kappa shape index (κ2) is 60.4. The summed E-state index contributed by atoms with van der Waals surface area (Å²) in [6.45, 7) is 6.68. The summed E-state index contributed by atoms with van der Waals surface area (Å²) in [5, 5.41) is 0. The monoisotopic (exact) mass is 999 g/mol. The molecule has 0 heterocycles. The molecule has 0 aliphatic rings. The molecule has 0 aliphatic carbocycles. The maximum absolute atomic E-state index is 12.9. The fraction of sp³-hybridized carbons (Fsp3) is 0.892. The fourth-order valence-electron chi connectivity index (χ4n) is 9.65. The third kappa shape index (κ3) is 58.7. The summed E-state index contributed by atoms with van der Waals surface area (Å²) >= 11 is 0. The SMILES string of the molecule is CCCCC/C=C\C/C=C\CCCCCCCCCC(=O)OC(COC(=O)CCCCCCCCCCCCCCCCCCC)COC(=O)CCCCCCCCCCCCCCCCCCCCC. The molecule has 6 heteroatoms. The average molecular weight is 1000 g/mol. The molecule has 0 aromatic heterocycles. The third-order valence-electron chi connectivity index (χ3n) is 14.5. The van der Waals surface area contributed by atoms with Gasteiger partial charge < -0.3 is 14.2 Å². The second-order valence-electron chi connectivity index (χ2n) is 21.7. The van der Waals surface area contributed by atoms with Crippen LogP contribution in [0.2, 0.25) is 0 Å². The molecule has 0 spiro atoms. The van der Waals surface area contributed by atoms with E-state index < -0.39 is 6.10 Å². The van der Waals surface area contributed by atoms with Gasteiger partial charge in [-0.25, -0.2) is 0 Å². The Kier molecular flexibility index (Phi) is 58.6. The molecule has 0 aromatic carbocycles. The molecule has 0 bridgehead atoms. The van der Waals surface area contributed by atoms with Gasteiger partial charge in [0.1, 0.15) is 13.2 Å². The minimum absolute atomic E-state index is 0.0684. The van der Waals surface area contributed by atoms with Crippen molar-refractivity contribution in [2.45, 2.75) is 361 Å². The highest BCUT2D eigenvalue weighted by Gasteiger charge is 2.19. The Hall–Kier alpha value is -2.11. The van der Waals surface area contributed by atoms with Crippen LogP contribution >= 0.6 is 0 Å². The molecule has 0 aromatic rings. The molecule has 0 amide bonds. The van der Waals surface area contributed by atoms with Crippen molar-refractivity contribution in [1.82, 2.24) is 0 Å². The highest BCUT2D eigenvalue weighted by Crippen LogP contribution is 2.18. The molecule has 1 unspecified atom stereocenters. The van der Waals surface area contributed by atoms with Crippen LogP contribution in [-0.4, -0.2) is 37.2 Å². The number of ether oxygens (including phenoxy) is 3. The van der Waals surface area contributed by atoms with Crippen molar-refractivity contribution in [2.75, 3.05) is 13.2 Å². The highest BCUT2D eigenvalue weighted by atomic mass is 16.6. The Morgan fingerprint density at radius 1 is 0.282 bits per heavy atom. The predicted octanol–water partition coefficient (Wildman–Crippen LogP) is 21.4. The topological polar surface area (TPSA) is 78.9 Å². The summed E-state index contributed by atoms with van der Waals surface area (Å²) in [6, 6.07) is 0.